The molecule has 1 aromatic rings. The SMILES string of the molecule is CC(CC(=O)O)NC(=O)CCn1cccc1. The zero-order valence-electron chi connectivity index (χ0n) is 9.22. The number of carboxylic acid groups (broad SMARTS) is 1. The number of hydrogen-bond donors (Lipinski definition) is 2. The minimum Gasteiger partial charge on any atom is -0.481 e. The van der Waals surface area contributed by atoms with E-state index in [0.717, 1.165) is 0 Å². The van der Waals surface area contributed by atoms with Crippen molar-refractivity contribution in [2.45, 2.75) is 32.4 Å². The molecule has 0 fully saturated rings. The van der Waals surface area contributed by atoms with E-state index >= 15 is 0 Å². The molecule has 1 rings (SSSR count). The number of aromatic nitrogens is 1. The zero-order chi connectivity index (χ0) is 12.0. The Balaban J connectivity index is 2.23. The molecule has 1 unspecified atom stereocenters. The highest BCUT2D eigenvalue weighted by Gasteiger charge is 2.10. The van der Waals surface area contributed by atoms with Gasteiger partial charge in [0.05, 0.1) is 6.42 Å². The van der Waals surface area contributed by atoms with Gasteiger partial charge in [-0.2, -0.15) is 0 Å². The lowest BCUT2D eigenvalue weighted by Gasteiger charge is -2.11. The van der Waals surface area contributed by atoms with E-state index in [2.05, 4.69) is 5.32 Å². The van der Waals surface area contributed by atoms with E-state index in [0.29, 0.717) is 13.0 Å². The molecule has 0 saturated heterocycles. The molecule has 0 saturated carbocycles. The molecule has 1 aromatic heterocycles. The van der Waals surface area contributed by atoms with Gasteiger partial charge < -0.3 is 15.0 Å². The van der Waals surface area contributed by atoms with Gasteiger partial charge in [0.15, 0.2) is 0 Å². The summed E-state index contributed by atoms with van der Waals surface area (Å²) in [6.07, 6.45) is 4.08. The van der Waals surface area contributed by atoms with E-state index in [-0.39, 0.29) is 18.4 Å². The average molecular weight is 224 g/mol. The van der Waals surface area contributed by atoms with Gasteiger partial charge in [0.1, 0.15) is 0 Å². The molecule has 0 aliphatic carbocycles. The van der Waals surface area contributed by atoms with E-state index < -0.39 is 5.97 Å². The summed E-state index contributed by atoms with van der Waals surface area (Å²) in [5.74, 6) is -1.03. The molecule has 1 amide bonds. The third-order valence-corrected chi connectivity index (χ3v) is 2.15. The predicted molar refractivity (Wildman–Crippen MR) is 58.9 cm³/mol. The molecule has 0 aliphatic heterocycles. The largest absolute Gasteiger partial charge is 0.481 e. The van der Waals surface area contributed by atoms with Crippen LogP contribution in [0.1, 0.15) is 19.8 Å². The maximum atomic E-state index is 11.4. The Labute approximate surface area is 94.1 Å². The summed E-state index contributed by atoms with van der Waals surface area (Å²) < 4.78 is 1.90. The topological polar surface area (TPSA) is 71.3 Å². The number of nitrogens with zero attached hydrogens (tertiary/aromatic N) is 1. The van der Waals surface area contributed by atoms with E-state index in [1.165, 1.54) is 0 Å². The van der Waals surface area contributed by atoms with Crippen LogP contribution in [0.4, 0.5) is 0 Å². The molecule has 0 spiro atoms. The lowest BCUT2D eigenvalue weighted by Crippen LogP contribution is -2.34. The van der Waals surface area contributed by atoms with Crippen LogP contribution >= 0.6 is 0 Å². The van der Waals surface area contributed by atoms with Crippen molar-refractivity contribution in [2.75, 3.05) is 0 Å². The number of rotatable bonds is 6. The number of nitrogens with one attached hydrogen (secondary N) is 1. The first-order valence-electron chi connectivity index (χ1n) is 5.20. The second-order valence-corrected chi connectivity index (χ2v) is 3.74. The molecule has 1 heterocycles. The maximum absolute atomic E-state index is 11.4. The van der Waals surface area contributed by atoms with Crippen molar-refractivity contribution >= 4 is 11.9 Å². The van der Waals surface area contributed by atoms with Crippen molar-refractivity contribution < 1.29 is 14.7 Å². The Morgan fingerprint density at radius 2 is 2.00 bits per heavy atom. The van der Waals surface area contributed by atoms with Crippen molar-refractivity contribution in [1.29, 1.82) is 0 Å². The summed E-state index contributed by atoms with van der Waals surface area (Å²) in [7, 11) is 0. The second-order valence-electron chi connectivity index (χ2n) is 3.74. The lowest BCUT2D eigenvalue weighted by molar-refractivity contribution is -0.137. The van der Waals surface area contributed by atoms with Crippen LogP contribution in [0.25, 0.3) is 0 Å². The zero-order valence-corrected chi connectivity index (χ0v) is 9.22. The van der Waals surface area contributed by atoms with Gasteiger partial charge >= 0.3 is 5.97 Å². The molecule has 0 radical (unpaired) electrons. The van der Waals surface area contributed by atoms with E-state index in [4.69, 9.17) is 5.11 Å². The molecule has 16 heavy (non-hydrogen) atoms. The van der Waals surface area contributed by atoms with Crippen LogP contribution < -0.4 is 5.32 Å². The maximum Gasteiger partial charge on any atom is 0.305 e. The Bertz CT molecular complexity index is 346. The first-order valence-corrected chi connectivity index (χ1v) is 5.20. The summed E-state index contributed by atoms with van der Waals surface area (Å²) in [6.45, 7) is 2.29. The standard InChI is InChI=1S/C11H16N2O3/c1-9(8-11(15)16)12-10(14)4-7-13-5-2-3-6-13/h2-3,5-6,9H,4,7-8H2,1H3,(H,12,14)(H,15,16). The number of carboxylic acids is 1. The van der Waals surface area contributed by atoms with Crippen LogP contribution in [0.2, 0.25) is 0 Å². The fourth-order valence-corrected chi connectivity index (χ4v) is 1.41. The fraction of sp³-hybridized carbons (Fsp3) is 0.455. The Hall–Kier alpha value is -1.78. The van der Waals surface area contributed by atoms with Crippen LogP contribution in [-0.4, -0.2) is 27.6 Å². The minimum atomic E-state index is -0.904. The molecule has 1 atom stereocenters. The van der Waals surface area contributed by atoms with Crippen molar-refractivity contribution in [3.8, 4) is 0 Å². The Kier molecular flexibility index (Phi) is 4.57. The fourth-order valence-electron chi connectivity index (χ4n) is 1.41. The average Bonchev–Trinajstić information content (AvgIpc) is 2.65. The molecule has 0 aliphatic rings. The highest BCUT2D eigenvalue weighted by Crippen LogP contribution is 1.95. The predicted octanol–water partition coefficient (Wildman–Crippen LogP) is 0.858. The van der Waals surface area contributed by atoms with Crippen LogP contribution in [0, 0.1) is 0 Å². The number of amides is 1. The van der Waals surface area contributed by atoms with E-state index in [9.17, 15) is 9.59 Å². The smallest absolute Gasteiger partial charge is 0.305 e. The molecule has 2 N–H and O–H groups in total. The quantitative estimate of drug-likeness (QED) is 0.752. The molecule has 5 heteroatoms. The summed E-state index contributed by atoms with van der Waals surface area (Å²) >= 11 is 0. The van der Waals surface area contributed by atoms with E-state index in [1.54, 1.807) is 6.92 Å². The summed E-state index contributed by atoms with van der Waals surface area (Å²) in [6, 6.07) is 3.46. The van der Waals surface area contributed by atoms with Crippen molar-refractivity contribution in [3.05, 3.63) is 24.5 Å². The highest BCUT2D eigenvalue weighted by atomic mass is 16.4. The van der Waals surface area contributed by atoms with Gasteiger partial charge in [0.25, 0.3) is 0 Å². The Morgan fingerprint density at radius 1 is 1.38 bits per heavy atom. The van der Waals surface area contributed by atoms with Crippen LogP contribution in [-0.2, 0) is 16.1 Å². The van der Waals surface area contributed by atoms with Crippen molar-refractivity contribution in [3.63, 3.8) is 0 Å². The van der Waals surface area contributed by atoms with Gasteiger partial charge in [-0.15, -0.1) is 0 Å². The molecule has 88 valence electrons. The minimum absolute atomic E-state index is 0.0464. The molecule has 0 bridgehead atoms. The summed E-state index contributed by atoms with van der Waals surface area (Å²) in [4.78, 5) is 21.8. The summed E-state index contributed by atoms with van der Waals surface area (Å²) in [5, 5.41) is 11.2. The first kappa shape index (κ1) is 12.3. The molecule has 0 aromatic carbocycles. The van der Waals surface area contributed by atoms with Crippen molar-refractivity contribution in [1.82, 2.24) is 9.88 Å². The highest BCUT2D eigenvalue weighted by molar-refractivity contribution is 5.77. The third-order valence-electron chi connectivity index (χ3n) is 2.15. The van der Waals surface area contributed by atoms with Gasteiger partial charge in [0, 0.05) is 31.4 Å². The van der Waals surface area contributed by atoms with Gasteiger partial charge in [-0.1, -0.05) is 0 Å². The van der Waals surface area contributed by atoms with Crippen LogP contribution in [0.15, 0.2) is 24.5 Å². The number of carbonyl (C=O) groups is 2. The second kappa shape index (κ2) is 5.95. The molecule has 5 nitrogen and oxygen atoms in total. The van der Waals surface area contributed by atoms with Gasteiger partial charge in [-0.3, -0.25) is 9.59 Å². The van der Waals surface area contributed by atoms with Crippen molar-refractivity contribution in [2.24, 2.45) is 0 Å². The lowest BCUT2D eigenvalue weighted by atomic mass is 10.2. The number of aliphatic carboxylic acids is 1. The van der Waals surface area contributed by atoms with Gasteiger partial charge in [-0.05, 0) is 19.1 Å². The number of aryl methyl sites for hydroxylation is 1. The van der Waals surface area contributed by atoms with Crippen LogP contribution in [0.3, 0.4) is 0 Å². The monoisotopic (exact) mass is 224 g/mol. The normalized spacial score (nSPS) is 12.1. The van der Waals surface area contributed by atoms with Gasteiger partial charge in [-0.25, -0.2) is 0 Å². The van der Waals surface area contributed by atoms with Gasteiger partial charge in [0.2, 0.25) is 5.91 Å². The Morgan fingerprint density at radius 3 is 2.56 bits per heavy atom. The number of carbonyl (C=O) groups excluding carboxylic acids is 1. The van der Waals surface area contributed by atoms with Crippen LogP contribution in [0.5, 0.6) is 0 Å². The molecular weight excluding hydrogens is 208 g/mol. The number of hydrogen-bond acceptors (Lipinski definition) is 2. The third kappa shape index (κ3) is 4.63. The molecular formula is C11H16N2O3. The first-order chi connectivity index (χ1) is 7.58. The van der Waals surface area contributed by atoms with E-state index in [1.807, 2.05) is 29.1 Å². The summed E-state index contributed by atoms with van der Waals surface area (Å²) in [5.41, 5.74) is 0.